The molecule has 5 nitrogen and oxygen atoms in total. The van der Waals surface area contributed by atoms with Gasteiger partial charge in [0.25, 0.3) is 5.91 Å². The molecule has 0 aromatic heterocycles. The van der Waals surface area contributed by atoms with Gasteiger partial charge in [0.05, 0.1) is 13.2 Å². The van der Waals surface area contributed by atoms with Crippen LogP contribution in [-0.2, 0) is 19.0 Å². The summed E-state index contributed by atoms with van der Waals surface area (Å²) in [5.41, 5.74) is 0.743. The minimum atomic E-state index is -0.736. The monoisotopic (exact) mass is 431 g/mol. The minimum absolute atomic E-state index is 0.226. The molecule has 31 heavy (non-hydrogen) atoms. The van der Waals surface area contributed by atoms with Crippen LogP contribution in [0.5, 0.6) is 0 Å². The Morgan fingerprint density at radius 2 is 1.35 bits per heavy atom. The fraction of sp³-hybridized carbons (Fsp3) is 0.654. The number of anilines is 1. The Balaban J connectivity index is 1.79. The van der Waals surface area contributed by atoms with Gasteiger partial charge in [0.15, 0.2) is 0 Å². The number of rotatable bonds is 18. The van der Waals surface area contributed by atoms with Crippen LogP contribution in [0.4, 0.5) is 5.69 Å². The third kappa shape index (κ3) is 9.67. The maximum atomic E-state index is 12.6. The highest BCUT2D eigenvalue weighted by Gasteiger charge is 2.41. The fourth-order valence-corrected chi connectivity index (χ4v) is 3.52. The van der Waals surface area contributed by atoms with Crippen LogP contribution in [0.3, 0.4) is 0 Å². The summed E-state index contributed by atoms with van der Waals surface area (Å²) >= 11 is 0. The lowest BCUT2D eigenvalue weighted by Crippen LogP contribution is -2.41. The first-order valence-electron chi connectivity index (χ1n) is 12.3. The van der Waals surface area contributed by atoms with E-state index >= 15 is 0 Å². The Kier molecular flexibility index (Phi) is 12.6. The molecule has 0 aliphatic carbocycles. The predicted octanol–water partition coefficient (Wildman–Crippen LogP) is 6.95. The Morgan fingerprint density at radius 3 is 1.97 bits per heavy atom. The van der Waals surface area contributed by atoms with Crippen molar-refractivity contribution in [1.29, 1.82) is 0 Å². The largest absolute Gasteiger partial charge is 0.487 e. The number of hydrogen-bond acceptors (Lipinski definition) is 4. The zero-order valence-electron chi connectivity index (χ0n) is 19.5. The molecule has 0 saturated carbocycles. The normalized spacial score (nSPS) is 15.2. The average molecular weight is 432 g/mol. The first kappa shape index (κ1) is 25.1. The third-order valence-corrected chi connectivity index (χ3v) is 5.43. The second-order valence-electron chi connectivity index (χ2n) is 8.24. The van der Waals surface area contributed by atoms with E-state index in [1.807, 2.05) is 30.3 Å². The Hall–Kier alpha value is -2.17. The van der Waals surface area contributed by atoms with Gasteiger partial charge in [-0.15, -0.1) is 0 Å². The molecule has 1 aliphatic rings. The number of nitrogens with one attached hydrogen (secondary N) is 1. The van der Waals surface area contributed by atoms with E-state index < -0.39 is 6.10 Å². The van der Waals surface area contributed by atoms with Crippen molar-refractivity contribution >= 4 is 11.6 Å². The van der Waals surface area contributed by atoms with Crippen molar-refractivity contribution in [3.05, 3.63) is 42.0 Å². The summed E-state index contributed by atoms with van der Waals surface area (Å²) in [5.74, 6) is 0.691. The quantitative estimate of drug-likeness (QED) is 0.256. The molecule has 174 valence electrons. The highest BCUT2D eigenvalue weighted by Crippen LogP contribution is 2.30. The molecule has 0 radical (unpaired) electrons. The maximum Gasteiger partial charge on any atom is 0.324 e. The number of unbranched alkanes of at least 4 members (excludes halogenated alkanes) is 10. The lowest BCUT2D eigenvalue weighted by atomic mass is 10.1. The van der Waals surface area contributed by atoms with E-state index in [0.29, 0.717) is 24.9 Å². The van der Waals surface area contributed by atoms with Gasteiger partial charge in [0, 0.05) is 5.69 Å². The number of hydrogen-bond donors (Lipinski definition) is 1. The van der Waals surface area contributed by atoms with Crippen molar-refractivity contribution in [2.24, 2.45) is 0 Å². The van der Waals surface area contributed by atoms with E-state index in [2.05, 4.69) is 19.2 Å². The van der Waals surface area contributed by atoms with Crippen molar-refractivity contribution in [2.45, 2.75) is 97.0 Å². The second kappa shape index (κ2) is 15.6. The molecule has 0 saturated heterocycles. The van der Waals surface area contributed by atoms with Crippen molar-refractivity contribution in [1.82, 2.24) is 0 Å². The molecule has 0 bridgehead atoms. The Bertz CT molecular complexity index is 644. The molecule has 1 N–H and O–H groups in total. The standard InChI is InChI=1S/C26H41NO4/c1-3-5-7-9-11-16-20-29-24-23(25(28)27-22-18-14-13-15-19-22)31-26(24)30-21-17-12-10-8-6-4-2/h13-15,18-19,23H,3-12,16-17,20-21H2,1-2H3,(H,27,28). The SMILES string of the molecule is CCCCCCCCOC1=C(OCCCCCCCC)C(C(=O)Nc2ccccc2)O1. The van der Waals surface area contributed by atoms with Gasteiger partial charge < -0.3 is 19.5 Å². The molecule has 1 atom stereocenters. The van der Waals surface area contributed by atoms with Crippen molar-refractivity contribution in [3.8, 4) is 0 Å². The molecule has 1 heterocycles. The van der Waals surface area contributed by atoms with Crippen LogP contribution >= 0.6 is 0 Å². The molecular weight excluding hydrogens is 390 g/mol. The van der Waals surface area contributed by atoms with E-state index in [-0.39, 0.29) is 5.91 Å². The molecule has 1 aromatic carbocycles. The zero-order valence-corrected chi connectivity index (χ0v) is 19.5. The van der Waals surface area contributed by atoms with Gasteiger partial charge in [-0.2, -0.15) is 0 Å². The van der Waals surface area contributed by atoms with Crippen LogP contribution in [0.1, 0.15) is 90.9 Å². The molecule has 1 aromatic rings. The Labute approximate surface area is 188 Å². The van der Waals surface area contributed by atoms with Gasteiger partial charge in [-0.05, 0) is 25.0 Å². The van der Waals surface area contributed by atoms with Crippen molar-refractivity contribution in [2.75, 3.05) is 18.5 Å². The summed E-state index contributed by atoms with van der Waals surface area (Å²) in [4.78, 5) is 12.6. The molecule has 5 heteroatoms. The van der Waals surface area contributed by atoms with Gasteiger partial charge >= 0.3 is 5.95 Å². The van der Waals surface area contributed by atoms with Crippen LogP contribution in [0.15, 0.2) is 42.0 Å². The summed E-state index contributed by atoms with van der Waals surface area (Å²) in [6.07, 6.45) is 13.6. The van der Waals surface area contributed by atoms with Gasteiger partial charge in [-0.3, -0.25) is 4.79 Å². The number of para-hydroxylation sites is 1. The number of carbonyl (C=O) groups is 1. The van der Waals surface area contributed by atoms with Crippen LogP contribution in [0.25, 0.3) is 0 Å². The summed E-state index contributed by atoms with van der Waals surface area (Å²) in [6, 6.07) is 9.40. The summed E-state index contributed by atoms with van der Waals surface area (Å²) in [5, 5.41) is 2.88. The van der Waals surface area contributed by atoms with Crippen LogP contribution in [0.2, 0.25) is 0 Å². The molecule has 1 amide bonds. The van der Waals surface area contributed by atoms with E-state index in [0.717, 1.165) is 31.4 Å². The predicted molar refractivity (Wildman–Crippen MR) is 126 cm³/mol. The van der Waals surface area contributed by atoms with Gasteiger partial charge in [-0.25, -0.2) is 0 Å². The van der Waals surface area contributed by atoms with Crippen LogP contribution in [0, 0.1) is 0 Å². The summed E-state index contributed by atoms with van der Waals surface area (Å²) in [7, 11) is 0. The first-order valence-corrected chi connectivity index (χ1v) is 12.3. The molecular formula is C26H41NO4. The number of carbonyl (C=O) groups excluding carboxylic acids is 1. The van der Waals surface area contributed by atoms with Gasteiger partial charge in [0.1, 0.15) is 0 Å². The van der Waals surface area contributed by atoms with E-state index in [4.69, 9.17) is 14.2 Å². The highest BCUT2D eigenvalue weighted by atomic mass is 16.7. The molecule has 0 fully saturated rings. The lowest BCUT2D eigenvalue weighted by Gasteiger charge is -2.31. The smallest absolute Gasteiger partial charge is 0.324 e. The average Bonchev–Trinajstić information content (AvgIpc) is 2.77. The second-order valence-corrected chi connectivity index (χ2v) is 8.24. The summed E-state index contributed by atoms with van der Waals surface area (Å²) < 4.78 is 17.4. The van der Waals surface area contributed by atoms with Crippen LogP contribution < -0.4 is 5.32 Å². The lowest BCUT2D eigenvalue weighted by molar-refractivity contribution is -0.142. The topological polar surface area (TPSA) is 56.8 Å². The zero-order chi connectivity index (χ0) is 22.2. The molecule has 2 rings (SSSR count). The van der Waals surface area contributed by atoms with E-state index in [1.165, 1.54) is 51.4 Å². The minimum Gasteiger partial charge on any atom is -0.487 e. The third-order valence-electron chi connectivity index (χ3n) is 5.43. The Morgan fingerprint density at radius 1 is 0.806 bits per heavy atom. The fourth-order valence-electron chi connectivity index (χ4n) is 3.52. The van der Waals surface area contributed by atoms with E-state index in [1.54, 1.807) is 0 Å². The van der Waals surface area contributed by atoms with Crippen molar-refractivity contribution in [3.63, 3.8) is 0 Å². The summed E-state index contributed by atoms with van der Waals surface area (Å²) in [6.45, 7) is 5.63. The molecule has 1 aliphatic heterocycles. The van der Waals surface area contributed by atoms with E-state index in [9.17, 15) is 4.79 Å². The van der Waals surface area contributed by atoms with Gasteiger partial charge in [0.2, 0.25) is 11.9 Å². The maximum absolute atomic E-state index is 12.6. The molecule has 0 spiro atoms. The highest BCUT2D eigenvalue weighted by molar-refractivity contribution is 5.96. The number of amides is 1. The van der Waals surface area contributed by atoms with Crippen LogP contribution in [-0.4, -0.2) is 25.2 Å². The molecule has 1 unspecified atom stereocenters. The number of ether oxygens (including phenoxy) is 3. The number of benzene rings is 1. The van der Waals surface area contributed by atoms with Gasteiger partial charge in [-0.1, -0.05) is 96.3 Å². The van der Waals surface area contributed by atoms with Crippen molar-refractivity contribution < 1.29 is 19.0 Å². The first-order chi connectivity index (χ1) is 15.3.